The second-order valence-corrected chi connectivity index (χ2v) is 10.9. The van der Waals surface area contributed by atoms with Gasteiger partial charge >= 0.3 is 0 Å². The summed E-state index contributed by atoms with van der Waals surface area (Å²) in [4.78, 5) is 2.16. The summed E-state index contributed by atoms with van der Waals surface area (Å²) >= 11 is 0. The molecule has 0 amide bonds. The van der Waals surface area contributed by atoms with Crippen LogP contribution in [0.5, 0.6) is 0 Å². The first-order chi connectivity index (χ1) is 20.0. The Morgan fingerprint density at radius 3 is 2.20 bits per heavy atom. The number of likely N-dealkylation sites (N-methyl/N-ethyl adjacent to an activating group) is 1. The normalized spacial score (nSPS) is 20.6. The number of rotatable bonds is 10. The third kappa shape index (κ3) is 6.93. The van der Waals surface area contributed by atoms with E-state index < -0.39 is 12.4 Å². The van der Waals surface area contributed by atoms with Gasteiger partial charge in [0.05, 0.1) is 24.9 Å². The van der Waals surface area contributed by atoms with Crippen molar-refractivity contribution in [2.24, 2.45) is 5.73 Å². The molecule has 4 aromatic rings. The number of nitrogens with zero attached hydrogens (tertiary/aromatic N) is 1. The van der Waals surface area contributed by atoms with E-state index in [1.165, 1.54) is 0 Å². The molecule has 0 aliphatic carbocycles. The highest BCUT2D eigenvalue weighted by Gasteiger charge is 2.34. The summed E-state index contributed by atoms with van der Waals surface area (Å²) in [5.74, 6) is 0. The van der Waals surface area contributed by atoms with Gasteiger partial charge < -0.3 is 25.4 Å². The van der Waals surface area contributed by atoms with Gasteiger partial charge in [-0.2, -0.15) is 0 Å². The molecule has 0 bridgehead atoms. The molecule has 214 valence electrons. The zero-order chi connectivity index (χ0) is 28.8. The van der Waals surface area contributed by atoms with Gasteiger partial charge in [0, 0.05) is 31.1 Å². The van der Waals surface area contributed by atoms with Crippen LogP contribution in [0.25, 0.3) is 11.1 Å². The average Bonchev–Trinajstić information content (AvgIpc) is 3.04. The quantitative estimate of drug-likeness (QED) is 0.227. The van der Waals surface area contributed by atoms with E-state index in [1.807, 2.05) is 80.7 Å². The topological polar surface area (TPSA) is 88.2 Å². The monoisotopic (exact) mass is 552 g/mol. The van der Waals surface area contributed by atoms with E-state index in [1.54, 1.807) is 0 Å². The van der Waals surface area contributed by atoms with Gasteiger partial charge in [0.15, 0.2) is 6.29 Å². The number of aliphatic hydroxyl groups is 2. The molecular formula is C35H40N2O4. The van der Waals surface area contributed by atoms with Crippen molar-refractivity contribution in [2.45, 2.75) is 57.1 Å². The summed E-state index contributed by atoms with van der Waals surface area (Å²) in [5.41, 5.74) is 13.1. The number of hydrogen-bond donors (Lipinski definition) is 3. The highest BCUT2D eigenvalue weighted by molar-refractivity contribution is 5.67. The Morgan fingerprint density at radius 1 is 0.854 bits per heavy atom. The van der Waals surface area contributed by atoms with E-state index in [0.29, 0.717) is 19.5 Å². The molecule has 1 saturated heterocycles. The van der Waals surface area contributed by atoms with Crippen molar-refractivity contribution in [2.75, 3.05) is 13.6 Å². The fourth-order valence-corrected chi connectivity index (χ4v) is 5.49. The van der Waals surface area contributed by atoms with Gasteiger partial charge in [-0.3, -0.25) is 4.90 Å². The molecule has 1 fully saturated rings. The predicted molar refractivity (Wildman–Crippen MR) is 162 cm³/mol. The van der Waals surface area contributed by atoms with Crippen LogP contribution in [0.1, 0.15) is 59.7 Å². The summed E-state index contributed by atoms with van der Waals surface area (Å²) in [7, 11) is 2.03. The van der Waals surface area contributed by atoms with Crippen LogP contribution in [0.2, 0.25) is 0 Å². The summed E-state index contributed by atoms with van der Waals surface area (Å²) in [6.07, 6.45) is -0.772. The highest BCUT2D eigenvalue weighted by Crippen LogP contribution is 2.39. The molecule has 0 spiro atoms. The van der Waals surface area contributed by atoms with Gasteiger partial charge in [-0.1, -0.05) is 103 Å². The standard InChI is InChI=1S/C35H40N2O4/c1-24(34(39)28-8-4-3-5-9-28)37(2)22-31-20-33(27-14-12-25(23-38)13-15-27)41-35(40-31)29-18-16-26(17-19-29)32-11-7-6-10-30(32)21-36/h3-19,24,31,33-35,38-39H,20-23,36H2,1-2H3/t24-,31-,33+,34-,35+/m0/s1. The van der Waals surface area contributed by atoms with Crippen LogP contribution in [0.15, 0.2) is 103 Å². The number of ether oxygens (including phenoxy) is 2. The lowest BCUT2D eigenvalue weighted by molar-refractivity contribution is -0.253. The van der Waals surface area contributed by atoms with Crippen LogP contribution in [0, 0.1) is 0 Å². The van der Waals surface area contributed by atoms with Crippen LogP contribution in [0.4, 0.5) is 0 Å². The van der Waals surface area contributed by atoms with Crippen LogP contribution < -0.4 is 5.73 Å². The summed E-state index contributed by atoms with van der Waals surface area (Å²) in [6.45, 7) is 3.16. The Bertz CT molecular complexity index is 1380. The average molecular weight is 553 g/mol. The zero-order valence-electron chi connectivity index (χ0n) is 23.8. The summed E-state index contributed by atoms with van der Waals surface area (Å²) in [5, 5.41) is 20.5. The van der Waals surface area contributed by atoms with E-state index in [4.69, 9.17) is 15.2 Å². The molecule has 4 N–H and O–H groups in total. The van der Waals surface area contributed by atoms with Gasteiger partial charge in [-0.25, -0.2) is 0 Å². The number of benzene rings is 4. The molecule has 1 aliphatic rings. The molecule has 1 aliphatic heterocycles. The zero-order valence-corrected chi connectivity index (χ0v) is 23.8. The smallest absolute Gasteiger partial charge is 0.184 e. The molecular weight excluding hydrogens is 512 g/mol. The Morgan fingerprint density at radius 2 is 1.51 bits per heavy atom. The van der Waals surface area contributed by atoms with Crippen molar-refractivity contribution in [1.82, 2.24) is 4.90 Å². The molecule has 41 heavy (non-hydrogen) atoms. The molecule has 5 atom stereocenters. The number of hydrogen-bond acceptors (Lipinski definition) is 6. The van der Waals surface area contributed by atoms with Crippen molar-refractivity contribution in [1.29, 1.82) is 0 Å². The van der Waals surface area contributed by atoms with Crippen LogP contribution in [0.3, 0.4) is 0 Å². The first-order valence-electron chi connectivity index (χ1n) is 14.3. The van der Waals surface area contributed by atoms with Crippen molar-refractivity contribution >= 4 is 0 Å². The third-order valence-corrected chi connectivity index (χ3v) is 8.13. The second-order valence-electron chi connectivity index (χ2n) is 10.9. The van der Waals surface area contributed by atoms with Gasteiger partial charge in [0.25, 0.3) is 0 Å². The lowest BCUT2D eigenvalue weighted by Crippen LogP contribution is -2.43. The van der Waals surface area contributed by atoms with Crippen LogP contribution >= 0.6 is 0 Å². The number of nitrogens with two attached hydrogens (primary N) is 1. The molecule has 0 unspecified atom stereocenters. The van der Waals surface area contributed by atoms with Gasteiger partial charge in [-0.15, -0.1) is 0 Å². The first kappa shape index (κ1) is 29.1. The Labute approximate surface area is 243 Å². The van der Waals surface area contributed by atoms with Crippen molar-refractivity contribution < 1.29 is 19.7 Å². The summed E-state index contributed by atoms with van der Waals surface area (Å²) < 4.78 is 13.1. The fourth-order valence-electron chi connectivity index (χ4n) is 5.49. The molecule has 6 nitrogen and oxygen atoms in total. The third-order valence-electron chi connectivity index (χ3n) is 8.13. The first-order valence-corrected chi connectivity index (χ1v) is 14.3. The van der Waals surface area contributed by atoms with E-state index in [9.17, 15) is 10.2 Å². The Hall–Kier alpha value is -3.36. The van der Waals surface area contributed by atoms with E-state index in [-0.39, 0.29) is 24.9 Å². The largest absolute Gasteiger partial charge is 0.392 e. The molecule has 5 rings (SSSR count). The van der Waals surface area contributed by atoms with E-state index in [0.717, 1.165) is 38.9 Å². The molecule has 4 aromatic carbocycles. The van der Waals surface area contributed by atoms with Crippen LogP contribution in [-0.2, 0) is 22.6 Å². The van der Waals surface area contributed by atoms with E-state index in [2.05, 4.69) is 41.3 Å². The van der Waals surface area contributed by atoms with Gasteiger partial charge in [0.1, 0.15) is 0 Å². The minimum Gasteiger partial charge on any atom is -0.392 e. The lowest BCUT2D eigenvalue weighted by Gasteiger charge is -2.39. The fraction of sp³-hybridized carbons (Fsp3) is 0.314. The van der Waals surface area contributed by atoms with E-state index >= 15 is 0 Å². The SMILES string of the molecule is C[C@@H]([C@H](O)c1ccccc1)N(C)C[C@@H]1C[C@H](c2ccc(CO)cc2)O[C@H](c2ccc(-c3ccccc3CN)cc2)O1. The molecule has 0 aromatic heterocycles. The predicted octanol–water partition coefficient (Wildman–Crippen LogP) is 5.90. The van der Waals surface area contributed by atoms with Crippen LogP contribution in [-0.4, -0.2) is 40.9 Å². The number of aliphatic hydroxyl groups excluding tert-OH is 2. The van der Waals surface area contributed by atoms with Gasteiger partial charge in [-0.05, 0) is 47.4 Å². The maximum Gasteiger partial charge on any atom is 0.184 e. The Balaban J connectivity index is 1.36. The molecule has 0 saturated carbocycles. The summed E-state index contributed by atoms with van der Waals surface area (Å²) in [6, 6.07) is 34.1. The maximum absolute atomic E-state index is 11.0. The molecule has 6 heteroatoms. The van der Waals surface area contributed by atoms with Crippen molar-refractivity contribution in [3.8, 4) is 11.1 Å². The van der Waals surface area contributed by atoms with Crippen molar-refractivity contribution in [3.05, 3.63) is 131 Å². The minimum atomic E-state index is -0.609. The van der Waals surface area contributed by atoms with Gasteiger partial charge in [0.2, 0.25) is 0 Å². The maximum atomic E-state index is 11.0. The second kappa shape index (κ2) is 13.5. The lowest BCUT2D eigenvalue weighted by atomic mass is 9.97. The Kier molecular flexibility index (Phi) is 9.62. The minimum absolute atomic E-state index is 0.00617. The highest BCUT2D eigenvalue weighted by atomic mass is 16.7. The van der Waals surface area contributed by atoms with Crippen molar-refractivity contribution in [3.63, 3.8) is 0 Å². The molecule has 1 heterocycles. The molecule has 0 radical (unpaired) electrons.